The summed E-state index contributed by atoms with van der Waals surface area (Å²) in [6.45, 7) is 3.11. The number of carbonyl (C=O) groups is 1. The normalized spacial score (nSPS) is 13.6. The zero-order valence-electron chi connectivity index (χ0n) is 17.8. The van der Waals surface area contributed by atoms with Crippen LogP contribution in [0.5, 0.6) is 0 Å². The molecule has 0 bridgehead atoms. The van der Waals surface area contributed by atoms with Gasteiger partial charge in [-0.3, -0.25) is 9.88 Å². The number of nitriles is 1. The minimum atomic E-state index is -0.713. The molecule has 0 fully saturated rings. The maximum atomic E-state index is 13.9. The standard InChI is InChI=1S/C25H22FN3O3/c1-15-19(6-7-20-21(15)14-32-25(20)31)24(30)13-29(2)12-16-3-8-23(28-11-16)17-4-5-18(10-27)22(26)9-17/h3-9,11,24,30H,12-14H2,1-2H3/t24-/m0/s1. The number of hydrogen-bond donors (Lipinski definition) is 1. The fourth-order valence-electron chi connectivity index (χ4n) is 3.95. The number of pyridine rings is 1. The van der Waals surface area contributed by atoms with Gasteiger partial charge in [0.25, 0.3) is 0 Å². The molecule has 0 spiro atoms. The Morgan fingerprint density at radius 2 is 2.09 bits per heavy atom. The van der Waals surface area contributed by atoms with Gasteiger partial charge in [0.2, 0.25) is 0 Å². The Balaban J connectivity index is 1.41. The molecule has 1 aliphatic heterocycles. The molecule has 0 saturated heterocycles. The average molecular weight is 431 g/mol. The second-order valence-corrected chi connectivity index (χ2v) is 7.95. The van der Waals surface area contributed by atoms with E-state index in [4.69, 9.17) is 10.00 Å². The number of aliphatic hydroxyl groups excluding tert-OH is 1. The topological polar surface area (TPSA) is 86.4 Å². The molecule has 0 aliphatic carbocycles. The summed E-state index contributed by atoms with van der Waals surface area (Å²) < 4.78 is 19.0. The molecule has 1 atom stereocenters. The van der Waals surface area contributed by atoms with Gasteiger partial charge < -0.3 is 9.84 Å². The largest absolute Gasteiger partial charge is 0.457 e. The molecule has 1 aliphatic rings. The Morgan fingerprint density at radius 3 is 2.78 bits per heavy atom. The number of aliphatic hydroxyl groups is 1. The van der Waals surface area contributed by atoms with Crippen LogP contribution in [-0.2, 0) is 17.9 Å². The predicted molar refractivity (Wildman–Crippen MR) is 116 cm³/mol. The Kier molecular flexibility index (Phi) is 5.99. The first-order valence-corrected chi connectivity index (χ1v) is 10.2. The monoisotopic (exact) mass is 431 g/mol. The molecule has 7 heteroatoms. The van der Waals surface area contributed by atoms with Crippen LogP contribution in [0.4, 0.5) is 4.39 Å². The van der Waals surface area contributed by atoms with Crippen LogP contribution in [0.3, 0.4) is 0 Å². The van der Waals surface area contributed by atoms with Crippen LogP contribution in [0.15, 0.2) is 48.7 Å². The van der Waals surface area contributed by atoms with E-state index in [1.165, 1.54) is 12.1 Å². The van der Waals surface area contributed by atoms with Crippen LogP contribution >= 0.6 is 0 Å². The van der Waals surface area contributed by atoms with E-state index in [1.807, 2.05) is 31.0 Å². The van der Waals surface area contributed by atoms with Gasteiger partial charge in [0.15, 0.2) is 0 Å². The second-order valence-electron chi connectivity index (χ2n) is 7.95. The summed E-state index contributed by atoms with van der Waals surface area (Å²) in [5, 5.41) is 19.6. The third-order valence-electron chi connectivity index (χ3n) is 5.71. The third-order valence-corrected chi connectivity index (χ3v) is 5.71. The summed E-state index contributed by atoms with van der Waals surface area (Å²) in [6, 6.07) is 13.4. The van der Waals surface area contributed by atoms with Gasteiger partial charge in [-0.15, -0.1) is 0 Å². The zero-order chi connectivity index (χ0) is 22.8. The minimum Gasteiger partial charge on any atom is -0.457 e. The molecular formula is C25H22FN3O3. The highest BCUT2D eigenvalue weighted by molar-refractivity contribution is 5.93. The van der Waals surface area contributed by atoms with Crippen molar-refractivity contribution in [2.75, 3.05) is 13.6 Å². The Bertz CT molecular complexity index is 1220. The molecule has 0 saturated carbocycles. The van der Waals surface area contributed by atoms with Crippen molar-refractivity contribution in [1.82, 2.24) is 9.88 Å². The van der Waals surface area contributed by atoms with Crippen LogP contribution < -0.4 is 0 Å². The SMILES string of the molecule is Cc1c([C@@H](O)CN(C)Cc2ccc(-c3ccc(C#N)c(F)c3)nc2)ccc2c1COC2=O. The van der Waals surface area contributed by atoms with Gasteiger partial charge in [-0.05, 0) is 54.9 Å². The number of aromatic nitrogens is 1. The van der Waals surface area contributed by atoms with Gasteiger partial charge >= 0.3 is 5.97 Å². The van der Waals surface area contributed by atoms with Gasteiger partial charge in [-0.25, -0.2) is 9.18 Å². The highest BCUT2D eigenvalue weighted by atomic mass is 19.1. The third kappa shape index (κ3) is 4.24. The first-order valence-electron chi connectivity index (χ1n) is 10.2. The molecule has 0 unspecified atom stereocenters. The first kappa shape index (κ1) is 21.6. The van der Waals surface area contributed by atoms with Crippen molar-refractivity contribution in [3.8, 4) is 17.3 Å². The Labute approximate surface area is 185 Å². The van der Waals surface area contributed by atoms with Crippen molar-refractivity contribution in [3.05, 3.63) is 87.9 Å². The maximum Gasteiger partial charge on any atom is 0.338 e. The molecule has 4 rings (SSSR count). The van der Waals surface area contributed by atoms with Crippen LogP contribution in [0.25, 0.3) is 11.3 Å². The molecule has 2 aromatic carbocycles. The van der Waals surface area contributed by atoms with Gasteiger partial charge in [0, 0.05) is 30.4 Å². The van der Waals surface area contributed by atoms with E-state index in [0.29, 0.717) is 29.9 Å². The number of cyclic esters (lactones) is 1. The van der Waals surface area contributed by atoms with E-state index < -0.39 is 11.9 Å². The first-order chi connectivity index (χ1) is 15.4. The lowest BCUT2D eigenvalue weighted by Gasteiger charge is -2.22. The number of hydrogen-bond acceptors (Lipinski definition) is 6. The van der Waals surface area contributed by atoms with Gasteiger partial charge in [-0.1, -0.05) is 18.2 Å². The molecular weight excluding hydrogens is 409 g/mol. The van der Waals surface area contributed by atoms with Crippen LogP contribution in [0.2, 0.25) is 0 Å². The van der Waals surface area contributed by atoms with E-state index >= 15 is 0 Å². The number of esters is 1. The number of carbonyl (C=O) groups excluding carboxylic acids is 1. The molecule has 0 radical (unpaired) electrons. The molecule has 162 valence electrons. The molecule has 2 heterocycles. The summed E-state index contributed by atoms with van der Waals surface area (Å²) >= 11 is 0. The molecule has 6 nitrogen and oxygen atoms in total. The molecule has 32 heavy (non-hydrogen) atoms. The van der Waals surface area contributed by atoms with E-state index in [9.17, 15) is 14.3 Å². The molecule has 1 aromatic heterocycles. The Morgan fingerprint density at radius 1 is 1.28 bits per heavy atom. The van der Waals surface area contributed by atoms with Gasteiger partial charge in [-0.2, -0.15) is 5.26 Å². The summed E-state index contributed by atoms with van der Waals surface area (Å²) in [7, 11) is 1.91. The van der Waals surface area contributed by atoms with E-state index in [2.05, 4.69) is 4.98 Å². The van der Waals surface area contributed by atoms with Crippen molar-refractivity contribution in [1.29, 1.82) is 5.26 Å². The number of likely N-dealkylation sites (N-methyl/N-ethyl adjacent to an activating group) is 1. The van der Waals surface area contributed by atoms with E-state index in [0.717, 1.165) is 22.3 Å². The number of fused-ring (bicyclic) bond motifs is 1. The zero-order valence-corrected chi connectivity index (χ0v) is 17.8. The fraction of sp³-hybridized carbons (Fsp3) is 0.240. The predicted octanol–water partition coefficient (Wildman–Crippen LogP) is 3.90. The smallest absolute Gasteiger partial charge is 0.338 e. The van der Waals surface area contributed by atoms with Crippen molar-refractivity contribution in [2.24, 2.45) is 0 Å². The minimum absolute atomic E-state index is 0.00304. The van der Waals surface area contributed by atoms with Crippen molar-refractivity contribution in [3.63, 3.8) is 0 Å². The summed E-state index contributed by atoms with van der Waals surface area (Å²) in [6.07, 6.45) is 1.01. The van der Waals surface area contributed by atoms with Crippen molar-refractivity contribution >= 4 is 5.97 Å². The fourth-order valence-corrected chi connectivity index (χ4v) is 3.95. The number of ether oxygens (including phenoxy) is 1. The van der Waals surface area contributed by atoms with Gasteiger partial charge in [0.1, 0.15) is 18.5 Å². The number of nitrogens with zero attached hydrogens (tertiary/aromatic N) is 3. The van der Waals surface area contributed by atoms with Gasteiger partial charge in [0.05, 0.1) is 22.9 Å². The van der Waals surface area contributed by atoms with Crippen molar-refractivity contribution in [2.45, 2.75) is 26.2 Å². The quantitative estimate of drug-likeness (QED) is 0.596. The lowest BCUT2D eigenvalue weighted by atomic mass is 9.95. The number of rotatable bonds is 6. The summed E-state index contributed by atoms with van der Waals surface area (Å²) in [4.78, 5) is 18.1. The van der Waals surface area contributed by atoms with E-state index in [1.54, 1.807) is 30.5 Å². The second kappa shape index (κ2) is 8.87. The highest BCUT2D eigenvalue weighted by Crippen LogP contribution is 2.29. The number of halogens is 1. The maximum absolute atomic E-state index is 13.9. The van der Waals surface area contributed by atoms with Crippen LogP contribution in [-0.4, -0.2) is 34.6 Å². The lowest BCUT2D eigenvalue weighted by Crippen LogP contribution is -2.25. The summed E-state index contributed by atoms with van der Waals surface area (Å²) in [5.74, 6) is -0.886. The number of benzene rings is 2. The Hall–Kier alpha value is -3.60. The van der Waals surface area contributed by atoms with Crippen molar-refractivity contribution < 1.29 is 19.0 Å². The highest BCUT2D eigenvalue weighted by Gasteiger charge is 2.26. The van der Waals surface area contributed by atoms with E-state index in [-0.39, 0.29) is 18.1 Å². The molecule has 1 N–H and O–H groups in total. The summed E-state index contributed by atoms with van der Waals surface area (Å²) in [5.41, 5.74) is 5.25. The van der Waals surface area contributed by atoms with Crippen LogP contribution in [0, 0.1) is 24.1 Å². The molecule has 3 aromatic rings. The molecule has 0 amide bonds. The van der Waals surface area contributed by atoms with Crippen LogP contribution in [0.1, 0.15) is 44.3 Å². The average Bonchev–Trinajstić information content (AvgIpc) is 3.16. The lowest BCUT2D eigenvalue weighted by molar-refractivity contribution is 0.0535.